The Morgan fingerprint density at radius 2 is 2.10 bits per heavy atom. The van der Waals surface area contributed by atoms with Crippen LogP contribution in [0.5, 0.6) is 0 Å². The van der Waals surface area contributed by atoms with Crippen molar-refractivity contribution < 1.29 is 8.42 Å². The molecule has 2 rings (SSSR count). The zero-order valence-electron chi connectivity index (χ0n) is 12.2. The highest BCUT2D eigenvalue weighted by Crippen LogP contribution is 2.28. The molecule has 20 heavy (non-hydrogen) atoms. The number of thiophene rings is 1. The summed E-state index contributed by atoms with van der Waals surface area (Å²) < 4.78 is 27.6. The van der Waals surface area contributed by atoms with E-state index in [1.165, 1.54) is 24.2 Å². The van der Waals surface area contributed by atoms with Gasteiger partial charge in [-0.2, -0.15) is 0 Å². The van der Waals surface area contributed by atoms with Crippen molar-refractivity contribution in [2.45, 2.75) is 57.0 Å². The Morgan fingerprint density at radius 3 is 2.75 bits per heavy atom. The van der Waals surface area contributed by atoms with Gasteiger partial charge in [0.05, 0.1) is 4.90 Å². The second-order valence-electron chi connectivity index (χ2n) is 5.48. The van der Waals surface area contributed by atoms with Crippen molar-refractivity contribution in [3.8, 4) is 0 Å². The number of hydrogen-bond acceptors (Lipinski definition) is 4. The lowest BCUT2D eigenvalue weighted by molar-refractivity contribution is 0.424. The lowest BCUT2D eigenvalue weighted by Gasteiger charge is -2.19. The van der Waals surface area contributed by atoms with Gasteiger partial charge in [0.25, 0.3) is 0 Å². The summed E-state index contributed by atoms with van der Waals surface area (Å²) in [5.41, 5.74) is 0. The van der Waals surface area contributed by atoms with Gasteiger partial charge in [0.15, 0.2) is 0 Å². The molecule has 1 fully saturated rings. The Bertz CT molecular complexity index is 519. The van der Waals surface area contributed by atoms with Gasteiger partial charge in [-0.15, -0.1) is 11.3 Å². The van der Waals surface area contributed by atoms with E-state index in [4.69, 9.17) is 0 Å². The van der Waals surface area contributed by atoms with Crippen molar-refractivity contribution in [2.75, 3.05) is 6.54 Å². The Morgan fingerprint density at radius 1 is 1.40 bits per heavy atom. The average molecular weight is 316 g/mol. The van der Waals surface area contributed by atoms with Gasteiger partial charge in [0.1, 0.15) is 0 Å². The highest BCUT2D eigenvalue weighted by molar-refractivity contribution is 7.89. The number of sulfonamides is 1. The second-order valence-corrected chi connectivity index (χ2v) is 8.19. The molecule has 1 unspecified atom stereocenters. The predicted molar refractivity (Wildman–Crippen MR) is 83.4 cm³/mol. The normalized spacial score (nSPS) is 18.5. The summed E-state index contributed by atoms with van der Waals surface area (Å²) in [7, 11) is -3.37. The van der Waals surface area contributed by atoms with Gasteiger partial charge in [0.2, 0.25) is 10.0 Å². The van der Waals surface area contributed by atoms with Crippen molar-refractivity contribution in [1.82, 2.24) is 10.0 Å². The molecular weight excluding hydrogens is 292 g/mol. The second kappa shape index (κ2) is 7.02. The molecule has 4 nitrogen and oxygen atoms in total. The van der Waals surface area contributed by atoms with Gasteiger partial charge in [-0.3, -0.25) is 0 Å². The third kappa shape index (κ3) is 4.04. The van der Waals surface area contributed by atoms with Crippen molar-refractivity contribution >= 4 is 21.4 Å². The molecule has 2 N–H and O–H groups in total. The molecule has 0 saturated heterocycles. The van der Waals surface area contributed by atoms with E-state index in [1.54, 1.807) is 11.4 Å². The number of nitrogens with one attached hydrogen (secondary N) is 2. The van der Waals surface area contributed by atoms with Gasteiger partial charge in [-0.25, -0.2) is 13.1 Å². The fraction of sp³-hybridized carbons (Fsp3) is 0.714. The monoisotopic (exact) mass is 316 g/mol. The fourth-order valence-corrected chi connectivity index (χ4v) is 5.27. The molecular formula is C14H24N2O2S2. The molecule has 0 bridgehead atoms. The molecule has 0 spiro atoms. The van der Waals surface area contributed by atoms with Crippen LogP contribution in [0.4, 0.5) is 0 Å². The van der Waals surface area contributed by atoms with Crippen LogP contribution in [0.25, 0.3) is 0 Å². The van der Waals surface area contributed by atoms with Crippen LogP contribution < -0.4 is 10.0 Å². The molecule has 114 valence electrons. The van der Waals surface area contributed by atoms with Gasteiger partial charge in [-0.1, -0.05) is 19.8 Å². The molecule has 0 aromatic carbocycles. The number of hydrogen-bond donors (Lipinski definition) is 2. The summed E-state index contributed by atoms with van der Waals surface area (Å²) in [6.45, 7) is 5.64. The van der Waals surface area contributed by atoms with Crippen LogP contribution in [0.15, 0.2) is 16.3 Å². The third-order valence-electron chi connectivity index (χ3n) is 3.94. The Balaban J connectivity index is 2.00. The van der Waals surface area contributed by atoms with Gasteiger partial charge < -0.3 is 5.32 Å². The zero-order chi connectivity index (χ0) is 14.6. The first-order chi connectivity index (χ1) is 9.53. The van der Waals surface area contributed by atoms with Crippen LogP contribution in [0.1, 0.15) is 44.4 Å². The van der Waals surface area contributed by atoms with Crippen molar-refractivity contribution in [3.05, 3.63) is 16.3 Å². The first-order valence-corrected chi connectivity index (χ1v) is 9.69. The first-order valence-electron chi connectivity index (χ1n) is 7.33. The standard InChI is InChI=1S/C14H24N2O2S2/c1-3-15-9-13-8-14(10-19-13)20(17,18)16-11(2)12-6-4-5-7-12/h8,10-12,15-16H,3-7,9H2,1-2H3. The third-order valence-corrected chi connectivity index (χ3v) is 6.56. The quantitative estimate of drug-likeness (QED) is 0.813. The molecule has 1 aromatic heterocycles. The van der Waals surface area contributed by atoms with Gasteiger partial charge in [-0.05, 0) is 38.3 Å². The molecule has 1 aliphatic carbocycles. The van der Waals surface area contributed by atoms with Crippen molar-refractivity contribution in [3.63, 3.8) is 0 Å². The van der Waals surface area contributed by atoms with Crippen molar-refractivity contribution in [2.24, 2.45) is 5.92 Å². The summed E-state index contributed by atoms with van der Waals surface area (Å²) >= 11 is 1.49. The Kier molecular flexibility index (Phi) is 5.60. The van der Waals surface area contributed by atoms with Crippen LogP contribution in [-0.2, 0) is 16.6 Å². The van der Waals surface area contributed by atoms with Crippen LogP contribution in [0.3, 0.4) is 0 Å². The molecule has 1 saturated carbocycles. The average Bonchev–Trinajstić information content (AvgIpc) is 3.07. The molecule has 1 atom stereocenters. The summed E-state index contributed by atoms with van der Waals surface area (Å²) in [6.07, 6.45) is 4.72. The SMILES string of the molecule is CCNCc1cc(S(=O)(=O)NC(C)C2CCCC2)cs1. The predicted octanol–water partition coefficient (Wildman–Crippen LogP) is 2.71. The lowest BCUT2D eigenvalue weighted by atomic mass is 10.0. The Hall–Kier alpha value is -0.430. The van der Waals surface area contributed by atoms with Crippen LogP contribution >= 0.6 is 11.3 Å². The smallest absolute Gasteiger partial charge is 0.241 e. The maximum Gasteiger partial charge on any atom is 0.241 e. The van der Waals surface area contributed by atoms with Gasteiger partial charge in [0, 0.05) is 22.8 Å². The molecule has 0 aliphatic heterocycles. The fourth-order valence-electron chi connectivity index (χ4n) is 2.71. The molecule has 1 heterocycles. The highest BCUT2D eigenvalue weighted by atomic mass is 32.2. The van der Waals surface area contributed by atoms with Crippen LogP contribution in [0.2, 0.25) is 0 Å². The molecule has 1 aliphatic rings. The topological polar surface area (TPSA) is 58.2 Å². The summed E-state index contributed by atoms with van der Waals surface area (Å²) in [4.78, 5) is 1.46. The van der Waals surface area contributed by atoms with E-state index in [2.05, 4.69) is 10.0 Å². The largest absolute Gasteiger partial charge is 0.312 e. The first kappa shape index (κ1) is 15.9. The van der Waals surface area contributed by atoms with Crippen LogP contribution in [0, 0.1) is 5.92 Å². The molecule has 0 radical (unpaired) electrons. The molecule has 1 aromatic rings. The zero-order valence-corrected chi connectivity index (χ0v) is 13.8. The summed E-state index contributed by atoms with van der Waals surface area (Å²) in [5, 5.41) is 4.94. The van der Waals surface area contributed by atoms with E-state index in [1.807, 2.05) is 13.8 Å². The minimum Gasteiger partial charge on any atom is -0.312 e. The lowest BCUT2D eigenvalue weighted by Crippen LogP contribution is -2.37. The molecule has 0 amide bonds. The summed E-state index contributed by atoms with van der Waals surface area (Å²) in [5.74, 6) is 0.490. The maximum atomic E-state index is 12.4. The summed E-state index contributed by atoms with van der Waals surface area (Å²) in [6, 6.07) is 1.80. The van der Waals surface area contributed by atoms with Gasteiger partial charge >= 0.3 is 0 Å². The van der Waals surface area contributed by atoms with E-state index in [9.17, 15) is 8.42 Å². The Labute approximate surface area is 126 Å². The number of rotatable bonds is 7. The van der Waals surface area contributed by atoms with E-state index in [-0.39, 0.29) is 6.04 Å². The minimum absolute atomic E-state index is 0.0274. The van der Waals surface area contributed by atoms with E-state index >= 15 is 0 Å². The van der Waals surface area contributed by atoms with Crippen LogP contribution in [-0.4, -0.2) is 21.0 Å². The minimum atomic E-state index is -3.37. The van der Waals surface area contributed by atoms with E-state index in [0.29, 0.717) is 10.8 Å². The maximum absolute atomic E-state index is 12.4. The van der Waals surface area contributed by atoms with E-state index in [0.717, 1.165) is 30.8 Å². The highest BCUT2D eigenvalue weighted by Gasteiger charge is 2.26. The van der Waals surface area contributed by atoms with E-state index < -0.39 is 10.0 Å². The molecule has 6 heteroatoms. The van der Waals surface area contributed by atoms with Crippen molar-refractivity contribution in [1.29, 1.82) is 0 Å².